The lowest BCUT2D eigenvalue weighted by Crippen LogP contribution is -2.34. The Bertz CT molecular complexity index is 546. The van der Waals surface area contributed by atoms with Crippen LogP contribution in [0.2, 0.25) is 0 Å². The van der Waals surface area contributed by atoms with Gasteiger partial charge in [-0.3, -0.25) is 0 Å². The molecule has 0 fully saturated rings. The van der Waals surface area contributed by atoms with Gasteiger partial charge in [-0.25, -0.2) is 14.8 Å². The summed E-state index contributed by atoms with van der Waals surface area (Å²) in [5.41, 5.74) is 1.78. The van der Waals surface area contributed by atoms with Crippen molar-refractivity contribution in [3.05, 3.63) is 47.8 Å². The van der Waals surface area contributed by atoms with Crippen molar-refractivity contribution in [1.29, 1.82) is 0 Å². The van der Waals surface area contributed by atoms with Crippen LogP contribution in [0.15, 0.2) is 36.7 Å². The van der Waals surface area contributed by atoms with Crippen molar-refractivity contribution in [1.82, 2.24) is 20.6 Å². The van der Waals surface area contributed by atoms with Crippen molar-refractivity contribution in [2.24, 2.45) is 0 Å². The van der Waals surface area contributed by atoms with E-state index in [1.165, 1.54) is 0 Å². The van der Waals surface area contributed by atoms with Gasteiger partial charge in [0, 0.05) is 37.6 Å². The molecule has 7 heteroatoms. The first-order valence-electron chi connectivity index (χ1n) is 6.71. The molecule has 0 spiro atoms. The molecule has 0 unspecified atom stereocenters. The highest BCUT2D eigenvalue weighted by Crippen LogP contribution is 2.07. The summed E-state index contributed by atoms with van der Waals surface area (Å²) in [6, 6.07) is 6.93. The van der Waals surface area contributed by atoms with E-state index in [0.29, 0.717) is 24.8 Å². The molecule has 0 saturated carbocycles. The second kappa shape index (κ2) is 7.82. The molecule has 2 aromatic rings. The lowest BCUT2D eigenvalue weighted by atomic mass is 10.3. The molecular formula is C15H18N4O3. The van der Waals surface area contributed by atoms with E-state index in [0.717, 1.165) is 11.1 Å². The van der Waals surface area contributed by atoms with Crippen molar-refractivity contribution in [3.63, 3.8) is 0 Å². The summed E-state index contributed by atoms with van der Waals surface area (Å²) < 4.78 is 9.95. The third kappa shape index (κ3) is 4.62. The van der Waals surface area contributed by atoms with Gasteiger partial charge in [0.25, 0.3) is 0 Å². The summed E-state index contributed by atoms with van der Waals surface area (Å²) in [5.74, 6) is 1.08. The Hall–Kier alpha value is -2.83. The molecule has 2 amide bonds. The molecule has 2 aromatic heterocycles. The summed E-state index contributed by atoms with van der Waals surface area (Å²) in [6.45, 7) is 0.785. The molecule has 2 rings (SSSR count). The van der Waals surface area contributed by atoms with Crippen LogP contribution in [0.4, 0.5) is 4.79 Å². The Labute approximate surface area is 128 Å². The smallest absolute Gasteiger partial charge is 0.315 e. The molecule has 22 heavy (non-hydrogen) atoms. The van der Waals surface area contributed by atoms with Crippen LogP contribution in [0.1, 0.15) is 11.1 Å². The second-order valence-corrected chi connectivity index (χ2v) is 4.45. The highest BCUT2D eigenvalue weighted by atomic mass is 16.5. The van der Waals surface area contributed by atoms with Crippen LogP contribution < -0.4 is 20.1 Å². The van der Waals surface area contributed by atoms with Crippen LogP contribution >= 0.6 is 0 Å². The van der Waals surface area contributed by atoms with Gasteiger partial charge in [0.05, 0.1) is 14.2 Å². The summed E-state index contributed by atoms with van der Waals surface area (Å²) in [7, 11) is 3.11. The van der Waals surface area contributed by atoms with Crippen molar-refractivity contribution in [3.8, 4) is 11.8 Å². The molecule has 0 radical (unpaired) electrons. The fraction of sp³-hybridized carbons (Fsp3) is 0.267. The number of ether oxygens (including phenoxy) is 2. The van der Waals surface area contributed by atoms with Gasteiger partial charge < -0.3 is 20.1 Å². The van der Waals surface area contributed by atoms with Gasteiger partial charge in [-0.1, -0.05) is 12.1 Å². The molecule has 0 aromatic carbocycles. The van der Waals surface area contributed by atoms with Gasteiger partial charge >= 0.3 is 6.03 Å². The Morgan fingerprint density at radius 1 is 0.909 bits per heavy atom. The van der Waals surface area contributed by atoms with Crippen LogP contribution in [0, 0.1) is 0 Å². The fourth-order valence-electron chi connectivity index (χ4n) is 1.70. The summed E-state index contributed by atoms with van der Waals surface area (Å²) in [4.78, 5) is 19.9. The Kier molecular flexibility index (Phi) is 5.53. The Morgan fingerprint density at radius 3 is 1.68 bits per heavy atom. The molecule has 0 aliphatic carbocycles. The monoisotopic (exact) mass is 302 g/mol. The summed E-state index contributed by atoms with van der Waals surface area (Å²) in [6.07, 6.45) is 3.32. The molecule has 0 atom stereocenters. The number of amides is 2. The molecule has 0 saturated heterocycles. The molecule has 116 valence electrons. The third-order valence-corrected chi connectivity index (χ3v) is 2.92. The number of methoxy groups -OCH3 is 2. The molecule has 0 bridgehead atoms. The maximum Gasteiger partial charge on any atom is 0.315 e. The predicted octanol–water partition coefficient (Wildman–Crippen LogP) is 1.49. The Balaban J connectivity index is 1.74. The normalized spacial score (nSPS) is 9.91. The van der Waals surface area contributed by atoms with E-state index in [1.54, 1.807) is 38.7 Å². The van der Waals surface area contributed by atoms with Crippen LogP contribution in [-0.4, -0.2) is 30.2 Å². The number of nitrogens with one attached hydrogen (secondary N) is 2. The minimum Gasteiger partial charge on any atom is -0.481 e. The van der Waals surface area contributed by atoms with E-state index in [2.05, 4.69) is 20.6 Å². The number of urea groups is 1. The second-order valence-electron chi connectivity index (χ2n) is 4.45. The Morgan fingerprint density at radius 2 is 1.36 bits per heavy atom. The van der Waals surface area contributed by atoms with Gasteiger partial charge in [0.15, 0.2) is 0 Å². The average Bonchev–Trinajstić information content (AvgIpc) is 2.59. The van der Waals surface area contributed by atoms with Crippen LogP contribution in [0.25, 0.3) is 0 Å². The number of nitrogens with zero attached hydrogens (tertiary/aromatic N) is 2. The van der Waals surface area contributed by atoms with E-state index >= 15 is 0 Å². The quantitative estimate of drug-likeness (QED) is 0.844. The molecule has 0 aliphatic heterocycles. The third-order valence-electron chi connectivity index (χ3n) is 2.92. The van der Waals surface area contributed by atoms with Crippen molar-refractivity contribution < 1.29 is 14.3 Å². The van der Waals surface area contributed by atoms with Crippen molar-refractivity contribution >= 4 is 6.03 Å². The maximum atomic E-state index is 11.7. The number of hydrogen-bond donors (Lipinski definition) is 2. The molecule has 0 aliphatic rings. The standard InChI is InChI=1S/C15H18N4O3/c1-21-13-5-3-11(7-16-13)9-18-15(20)19-10-12-4-6-14(22-2)17-8-12/h3-8H,9-10H2,1-2H3,(H2,18,19,20). The number of aromatic nitrogens is 2. The van der Waals surface area contributed by atoms with Gasteiger partial charge in [-0.05, 0) is 11.1 Å². The predicted molar refractivity (Wildman–Crippen MR) is 80.7 cm³/mol. The minimum absolute atomic E-state index is 0.258. The van der Waals surface area contributed by atoms with Crippen molar-refractivity contribution in [2.75, 3.05) is 14.2 Å². The number of rotatable bonds is 6. The maximum absolute atomic E-state index is 11.7. The van der Waals surface area contributed by atoms with Crippen LogP contribution in [0.5, 0.6) is 11.8 Å². The van der Waals surface area contributed by atoms with E-state index < -0.39 is 0 Å². The number of carbonyl (C=O) groups is 1. The topological polar surface area (TPSA) is 85.4 Å². The molecule has 2 heterocycles. The van der Waals surface area contributed by atoms with E-state index in [1.807, 2.05) is 12.1 Å². The van der Waals surface area contributed by atoms with E-state index in [-0.39, 0.29) is 6.03 Å². The average molecular weight is 302 g/mol. The van der Waals surface area contributed by atoms with E-state index in [9.17, 15) is 4.79 Å². The van der Waals surface area contributed by atoms with Gasteiger partial charge in [-0.2, -0.15) is 0 Å². The van der Waals surface area contributed by atoms with Crippen LogP contribution in [-0.2, 0) is 13.1 Å². The molecule has 2 N–H and O–H groups in total. The van der Waals surface area contributed by atoms with Crippen molar-refractivity contribution in [2.45, 2.75) is 13.1 Å². The molecule has 7 nitrogen and oxygen atoms in total. The SMILES string of the molecule is COc1ccc(CNC(=O)NCc2ccc(OC)nc2)cn1. The zero-order chi connectivity index (χ0) is 15.8. The first kappa shape index (κ1) is 15.6. The molecular weight excluding hydrogens is 284 g/mol. The van der Waals surface area contributed by atoms with Gasteiger partial charge in [-0.15, -0.1) is 0 Å². The van der Waals surface area contributed by atoms with Gasteiger partial charge in [0.2, 0.25) is 11.8 Å². The van der Waals surface area contributed by atoms with E-state index in [4.69, 9.17) is 9.47 Å². The highest BCUT2D eigenvalue weighted by Gasteiger charge is 2.02. The minimum atomic E-state index is -0.258. The summed E-state index contributed by atoms with van der Waals surface area (Å²) in [5, 5.41) is 5.51. The lowest BCUT2D eigenvalue weighted by Gasteiger charge is -2.08. The number of hydrogen-bond acceptors (Lipinski definition) is 5. The number of carbonyl (C=O) groups excluding carboxylic acids is 1. The largest absolute Gasteiger partial charge is 0.481 e. The fourth-order valence-corrected chi connectivity index (χ4v) is 1.70. The number of pyridine rings is 2. The van der Waals surface area contributed by atoms with Crippen LogP contribution in [0.3, 0.4) is 0 Å². The first-order chi connectivity index (χ1) is 10.7. The summed E-state index contributed by atoms with van der Waals surface area (Å²) >= 11 is 0. The lowest BCUT2D eigenvalue weighted by molar-refractivity contribution is 0.240. The zero-order valence-electron chi connectivity index (χ0n) is 12.5. The van der Waals surface area contributed by atoms with Gasteiger partial charge in [0.1, 0.15) is 0 Å². The first-order valence-corrected chi connectivity index (χ1v) is 6.71. The zero-order valence-corrected chi connectivity index (χ0v) is 12.5. The highest BCUT2D eigenvalue weighted by molar-refractivity contribution is 5.73.